The Morgan fingerprint density at radius 3 is 2.79 bits per heavy atom. The zero-order valence-electron chi connectivity index (χ0n) is 15.9. The van der Waals surface area contributed by atoms with E-state index in [1.807, 2.05) is 47.8 Å². The Morgan fingerprint density at radius 1 is 1.17 bits per heavy atom. The van der Waals surface area contributed by atoms with Crippen molar-refractivity contribution in [1.29, 1.82) is 0 Å². The summed E-state index contributed by atoms with van der Waals surface area (Å²) in [7, 11) is 0. The molecule has 0 atom stereocenters. The third-order valence-corrected chi connectivity index (χ3v) is 5.06. The number of pyridine rings is 1. The van der Waals surface area contributed by atoms with Crippen LogP contribution in [-0.4, -0.2) is 28.4 Å². The number of benzene rings is 1. The van der Waals surface area contributed by atoms with E-state index in [1.54, 1.807) is 12.3 Å². The van der Waals surface area contributed by atoms with Crippen LogP contribution in [0.15, 0.2) is 64.7 Å². The van der Waals surface area contributed by atoms with Gasteiger partial charge in [-0.1, -0.05) is 19.4 Å². The molecule has 0 bridgehead atoms. The summed E-state index contributed by atoms with van der Waals surface area (Å²) >= 11 is 1.46. The highest BCUT2D eigenvalue weighted by molar-refractivity contribution is 7.13. The maximum atomic E-state index is 12.2. The van der Waals surface area contributed by atoms with Gasteiger partial charge in [0.1, 0.15) is 10.8 Å². The normalized spacial score (nSPS) is 14.7. The van der Waals surface area contributed by atoms with Gasteiger partial charge < -0.3 is 9.47 Å². The van der Waals surface area contributed by atoms with Crippen molar-refractivity contribution >= 4 is 29.3 Å². The van der Waals surface area contributed by atoms with E-state index in [0.29, 0.717) is 12.3 Å². The van der Waals surface area contributed by atoms with Crippen LogP contribution in [-0.2, 0) is 9.53 Å². The number of hydrogen-bond acceptors (Lipinski definition) is 7. The highest BCUT2D eigenvalue weighted by Crippen LogP contribution is 2.25. The fraction of sp³-hybridized carbons (Fsp3) is 0.182. The fourth-order valence-corrected chi connectivity index (χ4v) is 3.41. The lowest BCUT2D eigenvalue weighted by Crippen LogP contribution is -2.05. The van der Waals surface area contributed by atoms with E-state index in [1.165, 1.54) is 11.3 Å². The van der Waals surface area contributed by atoms with Gasteiger partial charge in [-0.3, -0.25) is 4.98 Å². The summed E-state index contributed by atoms with van der Waals surface area (Å²) < 4.78 is 11.0. The number of thiazole rings is 1. The Hall–Kier alpha value is -3.32. The first-order chi connectivity index (χ1) is 14.2. The molecule has 0 amide bonds. The fourth-order valence-electron chi connectivity index (χ4n) is 2.66. The maximum Gasteiger partial charge on any atom is 0.363 e. The van der Waals surface area contributed by atoms with Crippen molar-refractivity contribution in [2.75, 3.05) is 6.61 Å². The molecule has 146 valence electrons. The van der Waals surface area contributed by atoms with E-state index in [-0.39, 0.29) is 11.6 Å². The molecule has 6 nitrogen and oxygen atoms in total. The SMILES string of the molecule is CCCCOc1ccc(C2=N/C(=C\c3csc(-c4ccccn4)n3)C(=O)O2)cc1. The van der Waals surface area contributed by atoms with Crippen LogP contribution < -0.4 is 4.74 Å². The number of aromatic nitrogens is 2. The average molecular weight is 405 g/mol. The van der Waals surface area contributed by atoms with Crippen LogP contribution in [0.4, 0.5) is 0 Å². The minimum absolute atomic E-state index is 0.223. The third kappa shape index (κ3) is 4.57. The summed E-state index contributed by atoms with van der Waals surface area (Å²) in [6.45, 7) is 2.81. The van der Waals surface area contributed by atoms with Crippen molar-refractivity contribution in [2.24, 2.45) is 4.99 Å². The molecule has 0 saturated carbocycles. The van der Waals surface area contributed by atoms with Gasteiger partial charge in [0, 0.05) is 17.1 Å². The second-order valence-electron chi connectivity index (χ2n) is 6.35. The number of aliphatic imine (C=N–C) groups is 1. The number of esters is 1. The minimum Gasteiger partial charge on any atom is -0.494 e. The topological polar surface area (TPSA) is 73.7 Å². The smallest absolute Gasteiger partial charge is 0.363 e. The number of ether oxygens (including phenoxy) is 2. The second-order valence-corrected chi connectivity index (χ2v) is 7.21. The lowest BCUT2D eigenvalue weighted by molar-refractivity contribution is -0.129. The predicted molar refractivity (Wildman–Crippen MR) is 113 cm³/mol. The molecule has 4 rings (SSSR count). The Labute approximate surface area is 172 Å². The Morgan fingerprint density at radius 2 is 2.03 bits per heavy atom. The number of carbonyl (C=O) groups excluding carboxylic acids is 1. The van der Waals surface area contributed by atoms with E-state index in [0.717, 1.165) is 34.9 Å². The van der Waals surface area contributed by atoms with Crippen LogP contribution in [0.5, 0.6) is 5.75 Å². The molecule has 2 aromatic heterocycles. The van der Waals surface area contributed by atoms with Crippen LogP contribution in [0.25, 0.3) is 16.8 Å². The third-order valence-electron chi connectivity index (χ3n) is 4.18. The van der Waals surface area contributed by atoms with Gasteiger partial charge in [0.15, 0.2) is 5.70 Å². The molecule has 0 N–H and O–H groups in total. The molecule has 0 aliphatic carbocycles. The monoisotopic (exact) mass is 405 g/mol. The minimum atomic E-state index is -0.490. The molecular formula is C22H19N3O3S. The number of cyclic esters (lactones) is 1. The van der Waals surface area contributed by atoms with Crippen molar-refractivity contribution in [2.45, 2.75) is 19.8 Å². The molecule has 29 heavy (non-hydrogen) atoms. The zero-order chi connectivity index (χ0) is 20.1. The molecule has 3 aromatic rings. The summed E-state index contributed by atoms with van der Waals surface area (Å²) in [5, 5.41) is 2.65. The van der Waals surface area contributed by atoms with Crippen LogP contribution >= 0.6 is 11.3 Å². The van der Waals surface area contributed by atoms with Gasteiger partial charge in [0.05, 0.1) is 18.0 Å². The van der Waals surface area contributed by atoms with E-state index in [4.69, 9.17) is 9.47 Å². The molecule has 0 spiro atoms. The van der Waals surface area contributed by atoms with Crippen LogP contribution in [0.2, 0.25) is 0 Å². The van der Waals surface area contributed by atoms with Gasteiger partial charge in [-0.25, -0.2) is 14.8 Å². The number of unbranched alkanes of at least 4 members (excludes halogenated alkanes) is 1. The lowest BCUT2D eigenvalue weighted by Gasteiger charge is -2.05. The van der Waals surface area contributed by atoms with Crippen LogP contribution in [0, 0.1) is 0 Å². The number of hydrogen-bond donors (Lipinski definition) is 0. The summed E-state index contributed by atoms with van der Waals surface area (Å²) in [5.41, 5.74) is 2.38. The van der Waals surface area contributed by atoms with Gasteiger partial charge >= 0.3 is 5.97 Å². The van der Waals surface area contributed by atoms with Crippen molar-refractivity contribution in [3.8, 4) is 16.5 Å². The first-order valence-electron chi connectivity index (χ1n) is 9.35. The molecule has 3 heterocycles. The summed E-state index contributed by atoms with van der Waals surface area (Å²) in [6, 6.07) is 13.0. The van der Waals surface area contributed by atoms with Gasteiger partial charge in [-0.2, -0.15) is 0 Å². The van der Waals surface area contributed by atoms with Crippen molar-refractivity contribution in [3.63, 3.8) is 0 Å². The molecular weight excluding hydrogens is 386 g/mol. The van der Waals surface area contributed by atoms with E-state index >= 15 is 0 Å². The van der Waals surface area contributed by atoms with Crippen molar-refractivity contribution < 1.29 is 14.3 Å². The van der Waals surface area contributed by atoms with E-state index in [2.05, 4.69) is 21.9 Å². The van der Waals surface area contributed by atoms with Gasteiger partial charge in [0.2, 0.25) is 5.90 Å². The van der Waals surface area contributed by atoms with Crippen LogP contribution in [0.3, 0.4) is 0 Å². The summed E-state index contributed by atoms with van der Waals surface area (Å²) in [5.74, 6) is 0.574. The Bertz CT molecular complexity index is 1060. The molecule has 0 radical (unpaired) electrons. The molecule has 1 aromatic carbocycles. The molecule has 0 fully saturated rings. The zero-order valence-corrected chi connectivity index (χ0v) is 16.7. The molecule has 0 unspecified atom stereocenters. The quantitative estimate of drug-likeness (QED) is 0.323. The molecule has 1 aliphatic heterocycles. The molecule has 1 aliphatic rings. The first kappa shape index (κ1) is 19.0. The van der Waals surface area contributed by atoms with Crippen LogP contribution in [0.1, 0.15) is 31.0 Å². The average Bonchev–Trinajstić information content (AvgIpc) is 3.37. The van der Waals surface area contributed by atoms with Crippen molar-refractivity contribution in [3.05, 3.63) is 71.0 Å². The van der Waals surface area contributed by atoms with E-state index < -0.39 is 5.97 Å². The number of carbonyl (C=O) groups is 1. The van der Waals surface area contributed by atoms with E-state index in [9.17, 15) is 4.79 Å². The largest absolute Gasteiger partial charge is 0.494 e. The summed E-state index contributed by atoms with van der Waals surface area (Å²) in [4.78, 5) is 25.3. The number of nitrogens with zero attached hydrogens (tertiary/aromatic N) is 3. The Balaban J connectivity index is 1.50. The molecule has 7 heteroatoms. The summed E-state index contributed by atoms with van der Waals surface area (Å²) in [6.07, 6.45) is 5.45. The Kier molecular flexibility index (Phi) is 5.76. The lowest BCUT2D eigenvalue weighted by atomic mass is 10.2. The maximum absolute atomic E-state index is 12.2. The van der Waals surface area contributed by atoms with Crippen molar-refractivity contribution in [1.82, 2.24) is 9.97 Å². The highest BCUT2D eigenvalue weighted by Gasteiger charge is 2.24. The van der Waals surface area contributed by atoms with Gasteiger partial charge in [-0.15, -0.1) is 11.3 Å². The number of rotatable bonds is 7. The second kappa shape index (κ2) is 8.79. The van der Waals surface area contributed by atoms with Gasteiger partial charge in [0.25, 0.3) is 0 Å². The van der Waals surface area contributed by atoms with Gasteiger partial charge in [-0.05, 0) is 48.9 Å². The first-order valence-corrected chi connectivity index (χ1v) is 10.2. The highest BCUT2D eigenvalue weighted by atomic mass is 32.1. The molecule has 0 saturated heterocycles. The standard InChI is InChI=1S/C22H19N3O3S/c1-2-3-12-27-17-9-7-15(8-10-17)20-25-19(22(26)28-20)13-16-14-29-21(24-16)18-6-4-5-11-23-18/h4-11,13-14H,2-3,12H2,1H3/b19-13-. The predicted octanol–water partition coefficient (Wildman–Crippen LogP) is 4.73.